The minimum atomic E-state index is -0.445. The normalized spacial score (nSPS) is 39.3. The number of ketones is 2. The highest BCUT2D eigenvalue weighted by Gasteiger charge is 2.66. The van der Waals surface area contributed by atoms with Gasteiger partial charge in [-0.2, -0.15) is 0 Å². The van der Waals surface area contributed by atoms with Crippen molar-refractivity contribution >= 4 is 24.1 Å². The Bertz CT molecular complexity index is 1620. The lowest BCUT2D eigenvalue weighted by atomic mass is 9.60. The molecule has 0 aromatic carbocycles. The highest BCUT2D eigenvalue weighted by molar-refractivity contribution is 6.02. The van der Waals surface area contributed by atoms with Crippen molar-refractivity contribution in [1.29, 1.82) is 0 Å². The Hall–Kier alpha value is -2.92. The Morgan fingerprint density at radius 3 is 1.42 bits per heavy atom. The standard InChI is InChI=1S/C50H70O5/c1-31(2)13-11-15-35(7)49(23-21-47(9)27-39-33(5)25-41(53)45(39)37(29-51)17-19-43(47)49)55-50(36(8)16-12-14-32(3)4)24-22-48(10)28-40-34(6)26-42(54)46(40)38(30-52)18-20-44(48)50/h13-14,17-18,25-26,29-30,35-36,39-40,43-46H,11-12,15-16,19-24,27-28H2,1-10H3. The highest BCUT2D eigenvalue weighted by atomic mass is 16.5. The fraction of sp³-hybridized carbons (Fsp3) is 0.680. The van der Waals surface area contributed by atoms with Crippen LogP contribution in [-0.4, -0.2) is 35.3 Å². The molecular weight excluding hydrogens is 681 g/mol. The molecule has 2 fully saturated rings. The van der Waals surface area contributed by atoms with Gasteiger partial charge in [-0.25, -0.2) is 0 Å². The molecule has 12 unspecified atom stereocenters. The predicted molar refractivity (Wildman–Crippen MR) is 222 cm³/mol. The van der Waals surface area contributed by atoms with Crippen molar-refractivity contribution in [3.8, 4) is 0 Å². The molecule has 0 heterocycles. The van der Waals surface area contributed by atoms with Crippen LogP contribution in [0.25, 0.3) is 0 Å². The molecule has 0 aromatic rings. The number of carbonyl (C=O) groups excluding carboxylic acids is 4. The van der Waals surface area contributed by atoms with E-state index in [4.69, 9.17) is 4.74 Å². The van der Waals surface area contributed by atoms with E-state index in [9.17, 15) is 19.2 Å². The molecule has 6 aliphatic carbocycles. The number of rotatable bonds is 12. The summed E-state index contributed by atoms with van der Waals surface area (Å²) in [5.74, 6) is 0.361. The van der Waals surface area contributed by atoms with Crippen molar-refractivity contribution < 1.29 is 23.9 Å². The third-order valence-corrected chi connectivity index (χ3v) is 16.3. The maximum Gasteiger partial charge on any atom is 0.163 e. The summed E-state index contributed by atoms with van der Waals surface area (Å²) in [4.78, 5) is 52.2. The molecule has 0 spiro atoms. The van der Waals surface area contributed by atoms with Crippen LogP contribution >= 0.6 is 0 Å². The van der Waals surface area contributed by atoms with Crippen molar-refractivity contribution in [3.05, 3.63) is 69.9 Å². The fourth-order valence-electron chi connectivity index (χ4n) is 13.1. The highest BCUT2D eigenvalue weighted by Crippen LogP contribution is 2.67. The average molecular weight is 751 g/mol. The molecule has 0 aromatic heterocycles. The number of carbonyl (C=O) groups is 4. The fourth-order valence-corrected chi connectivity index (χ4v) is 13.1. The molecule has 0 radical (unpaired) electrons. The van der Waals surface area contributed by atoms with E-state index in [0.29, 0.717) is 11.1 Å². The van der Waals surface area contributed by atoms with E-state index in [2.05, 4.69) is 93.5 Å². The summed E-state index contributed by atoms with van der Waals surface area (Å²) >= 11 is 0. The first-order valence-electron chi connectivity index (χ1n) is 21.7. The van der Waals surface area contributed by atoms with Crippen LogP contribution in [0.3, 0.4) is 0 Å². The Kier molecular flexibility index (Phi) is 12.0. The van der Waals surface area contributed by atoms with Gasteiger partial charge >= 0.3 is 0 Å². The third-order valence-electron chi connectivity index (χ3n) is 16.3. The summed E-state index contributed by atoms with van der Waals surface area (Å²) in [6, 6.07) is 0. The van der Waals surface area contributed by atoms with Gasteiger partial charge in [0.15, 0.2) is 11.6 Å². The number of hydrogen-bond acceptors (Lipinski definition) is 5. The zero-order valence-corrected chi connectivity index (χ0v) is 35.8. The second kappa shape index (κ2) is 15.8. The van der Waals surface area contributed by atoms with Crippen LogP contribution in [0.5, 0.6) is 0 Å². The van der Waals surface area contributed by atoms with E-state index < -0.39 is 11.2 Å². The largest absolute Gasteiger partial charge is 0.367 e. The van der Waals surface area contributed by atoms with Crippen LogP contribution in [-0.2, 0) is 23.9 Å². The molecular formula is C50H70O5. The van der Waals surface area contributed by atoms with E-state index in [1.807, 2.05) is 0 Å². The summed E-state index contributed by atoms with van der Waals surface area (Å²) in [5, 5.41) is 0. The summed E-state index contributed by atoms with van der Waals surface area (Å²) in [6.45, 7) is 22.7. The van der Waals surface area contributed by atoms with Crippen LogP contribution in [0.15, 0.2) is 69.9 Å². The summed E-state index contributed by atoms with van der Waals surface area (Å²) in [6.07, 6.45) is 25.7. The predicted octanol–water partition coefficient (Wildman–Crippen LogP) is 11.4. The molecule has 0 aliphatic heterocycles. The molecule has 0 amide bonds. The summed E-state index contributed by atoms with van der Waals surface area (Å²) < 4.78 is 8.47. The van der Waals surface area contributed by atoms with E-state index in [0.717, 1.165) is 101 Å². The van der Waals surface area contributed by atoms with E-state index >= 15 is 0 Å². The first-order valence-corrected chi connectivity index (χ1v) is 21.7. The molecule has 2 saturated carbocycles. The van der Waals surface area contributed by atoms with Gasteiger partial charge < -0.3 is 4.74 Å². The zero-order valence-electron chi connectivity index (χ0n) is 35.8. The first kappa shape index (κ1) is 41.7. The topological polar surface area (TPSA) is 77.5 Å². The number of fused-ring (bicyclic) bond motifs is 4. The number of hydrogen-bond donors (Lipinski definition) is 0. The van der Waals surface area contributed by atoms with Gasteiger partial charge in [0, 0.05) is 0 Å². The first-order chi connectivity index (χ1) is 25.9. The van der Waals surface area contributed by atoms with E-state index in [1.54, 1.807) is 12.2 Å². The monoisotopic (exact) mass is 751 g/mol. The van der Waals surface area contributed by atoms with E-state index in [1.165, 1.54) is 11.1 Å². The lowest BCUT2D eigenvalue weighted by Crippen LogP contribution is -2.58. The summed E-state index contributed by atoms with van der Waals surface area (Å²) in [7, 11) is 0. The lowest BCUT2D eigenvalue weighted by Gasteiger charge is -2.55. The van der Waals surface area contributed by atoms with Gasteiger partial charge in [0.25, 0.3) is 0 Å². The van der Waals surface area contributed by atoms with Crippen LogP contribution in [0.2, 0.25) is 0 Å². The van der Waals surface area contributed by atoms with Gasteiger partial charge in [-0.3, -0.25) is 19.2 Å². The summed E-state index contributed by atoms with van der Waals surface area (Å²) in [5.41, 5.74) is 5.14. The van der Waals surface area contributed by atoms with Crippen molar-refractivity contribution in [2.75, 3.05) is 0 Å². The van der Waals surface area contributed by atoms with Crippen LogP contribution in [0.4, 0.5) is 0 Å². The van der Waals surface area contributed by atoms with Gasteiger partial charge in [0.05, 0.1) is 23.0 Å². The smallest absolute Gasteiger partial charge is 0.163 e. The van der Waals surface area contributed by atoms with Crippen molar-refractivity contribution in [2.24, 2.45) is 58.2 Å². The Balaban J connectivity index is 1.51. The maximum atomic E-state index is 13.3. The maximum absolute atomic E-state index is 13.3. The molecule has 5 nitrogen and oxygen atoms in total. The third kappa shape index (κ3) is 7.38. The molecule has 6 aliphatic rings. The quantitative estimate of drug-likeness (QED) is 0.147. The molecule has 5 heteroatoms. The minimum absolute atomic E-state index is 0.0381. The van der Waals surface area contributed by atoms with Gasteiger partial charge in [0.2, 0.25) is 0 Å². The van der Waals surface area contributed by atoms with Crippen molar-refractivity contribution in [2.45, 2.75) is 157 Å². The second-order valence-corrected chi connectivity index (χ2v) is 20.2. The van der Waals surface area contributed by atoms with Crippen molar-refractivity contribution in [1.82, 2.24) is 0 Å². The molecule has 55 heavy (non-hydrogen) atoms. The SMILES string of the molecule is CC(C)=CCCC(C)C1(OC2(C(C)CCC=C(C)C)CCC3(C)CC4C(C)=CC(=O)C4C(C=O)=CCC32)CCC2(C)CC3C(C)=CC(=O)C3C(C=O)=CCC21. The van der Waals surface area contributed by atoms with Gasteiger partial charge in [-0.1, -0.05) is 74.3 Å². The number of aldehydes is 2. The van der Waals surface area contributed by atoms with Crippen molar-refractivity contribution in [3.63, 3.8) is 0 Å². The molecule has 12 atom stereocenters. The van der Waals surface area contributed by atoms with E-state index in [-0.39, 0.29) is 69.7 Å². The van der Waals surface area contributed by atoms with Gasteiger partial charge in [-0.15, -0.1) is 0 Å². The molecule has 0 N–H and O–H groups in total. The molecule has 0 bridgehead atoms. The second-order valence-electron chi connectivity index (χ2n) is 20.2. The number of allylic oxidation sites excluding steroid dienone is 12. The molecule has 0 saturated heterocycles. The van der Waals surface area contributed by atoms with Gasteiger partial charge in [-0.05, 0) is 188 Å². The van der Waals surface area contributed by atoms with Gasteiger partial charge in [0.1, 0.15) is 12.6 Å². The van der Waals surface area contributed by atoms with Crippen LogP contribution in [0, 0.1) is 58.2 Å². The Morgan fingerprint density at radius 2 is 1.07 bits per heavy atom. The Labute approximate surface area is 332 Å². The zero-order chi connectivity index (χ0) is 40.1. The van der Waals surface area contributed by atoms with Crippen LogP contribution < -0.4 is 0 Å². The lowest BCUT2D eigenvalue weighted by molar-refractivity contribution is -0.244. The average Bonchev–Trinajstić information content (AvgIpc) is 3.73. The minimum Gasteiger partial charge on any atom is -0.367 e. The molecule has 300 valence electrons. The number of ether oxygens (including phenoxy) is 1. The molecule has 6 rings (SSSR count). The Morgan fingerprint density at radius 1 is 0.691 bits per heavy atom. The van der Waals surface area contributed by atoms with Crippen LogP contribution in [0.1, 0.15) is 146 Å².